The van der Waals surface area contributed by atoms with Gasteiger partial charge in [0.1, 0.15) is 0 Å². The number of benzene rings is 1. The number of hydrogen-bond donors (Lipinski definition) is 2. The summed E-state index contributed by atoms with van der Waals surface area (Å²) in [6, 6.07) is 5.74. The summed E-state index contributed by atoms with van der Waals surface area (Å²) in [5.41, 5.74) is 2.97. The molecule has 0 bridgehead atoms. The number of hydrogen-bond acceptors (Lipinski definition) is 4. The number of thiazole rings is 1. The standard InChI is InChI=1S/C12H10BrN3OS/c13-10-6-15-12(18-10)16-11(17)8-2-1-7-3-4-14-9(7)5-8/h1-2,5-6,14H,3-4H2,(H,15,16,17). The Morgan fingerprint density at radius 2 is 2.39 bits per heavy atom. The molecule has 1 aromatic heterocycles. The lowest BCUT2D eigenvalue weighted by Crippen LogP contribution is -2.11. The van der Waals surface area contributed by atoms with Crippen LogP contribution in [0.5, 0.6) is 0 Å². The third kappa shape index (κ3) is 2.26. The Kier molecular flexibility index (Phi) is 3.05. The molecule has 0 radical (unpaired) electrons. The van der Waals surface area contributed by atoms with Gasteiger partial charge < -0.3 is 5.32 Å². The van der Waals surface area contributed by atoms with E-state index in [2.05, 4.69) is 31.5 Å². The van der Waals surface area contributed by atoms with Crippen LogP contribution in [0, 0.1) is 0 Å². The zero-order valence-corrected chi connectivity index (χ0v) is 11.8. The summed E-state index contributed by atoms with van der Waals surface area (Å²) in [6.45, 7) is 0.944. The molecule has 1 aliphatic rings. The van der Waals surface area contributed by atoms with Crippen LogP contribution in [0.2, 0.25) is 0 Å². The number of anilines is 2. The molecule has 0 spiro atoms. The van der Waals surface area contributed by atoms with Gasteiger partial charge in [-0.3, -0.25) is 10.1 Å². The summed E-state index contributed by atoms with van der Waals surface area (Å²) in [4.78, 5) is 16.1. The molecule has 18 heavy (non-hydrogen) atoms. The van der Waals surface area contributed by atoms with Gasteiger partial charge >= 0.3 is 0 Å². The Morgan fingerprint density at radius 1 is 1.50 bits per heavy atom. The first-order valence-electron chi connectivity index (χ1n) is 5.52. The first-order valence-corrected chi connectivity index (χ1v) is 7.13. The molecule has 4 nitrogen and oxygen atoms in total. The molecule has 6 heteroatoms. The van der Waals surface area contributed by atoms with Crippen molar-refractivity contribution < 1.29 is 4.79 Å². The molecule has 0 unspecified atom stereocenters. The highest BCUT2D eigenvalue weighted by Crippen LogP contribution is 2.26. The zero-order chi connectivity index (χ0) is 12.5. The van der Waals surface area contributed by atoms with Crippen molar-refractivity contribution in [3.63, 3.8) is 0 Å². The van der Waals surface area contributed by atoms with Crippen LogP contribution in [0.3, 0.4) is 0 Å². The summed E-state index contributed by atoms with van der Waals surface area (Å²) < 4.78 is 0.897. The molecule has 0 atom stereocenters. The van der Waals surface area contributed by atoms with Crippen molar-refractivity contribution in [2.45, 2.75) is 6.42 Å². The molecule has 1 aliphatic heterocycles. The third-order valence-electron chi connectivity index (χ3n) is 2.78. The quantitative estimate of drug-likeness (QED) is 0.892. The molecule has 0 aliphatic carbocycles. The van der Waals surface area contributed by atoms with Crippen LogP contribution in [0.4, 0.5) is 10.8 Å². The number of nitrogens with one attached hydrogen (secondary N) is 2. The van der Waals surface area contributed by atoms with E-state index >= 15 is 0 Å². The molecule has 0 fully saturated rings. The molecular formula is C12H10BrN3OS. The number of carbonyl (C=O) groups is 1. The summed E-state index contributed by atoms with van der Waals surface area (Å²) in [7, 11) is 0. The largest absolute Gasteiger partial charge is 0.384 e. The fourth-order valence-corrected chi connectivity index (χ4v) is 3.02. The smallest absolute Gasteiger partial charge is 0.257 e. The Morgan fingerprint density at radius 3 is 3.17 bits per heavy atom. The Labute approximate surface area is 117 Å². The topological polar surface area (TPSA) is 54.0 Å². The van der Waals surface area contributed by atoms with Crippen LogP contribution < -0.4 is 10.6 Å². The molecular weight excluding hydrogens is 314 g/mol. The van der Waals surface area contributed by atoms with Gasteiger partial charge in [0.15, 0.2) is 5.13 Å². The molecule has 92 valence electrons. The minimum atomic E-state index is -0.131. The molecule has 1 amide bonds. The van der Waals surface area contributed by atoms with E-state index in [4.69, 9.17) is 0 Å². The molecule has 2 N–H and O–H groups in total. The molecule has 0 saturated carbocycles. The SMILES string of the molecule is O=C(Nc1ncc(Br)s1)c1ccc2c(c1)NCC2. The van der Waals surface area contributed by atoms with Gasteiger partial charge in [0.25, 0.3) is 5.91 Å². The van der Waals surface area contributed by atoms with Gasteiger partial charge in [-0.2, -0.15) is 0 Å². The van der Waals surface area contributed by atoms with Gasteiger partial charge in [0.05, 0.1) is 9.98 Å². The normalized spacial score (nSPS) is 12.9. The van der Waals surface area contributed by atoms with Crippen molar-refractivity contribution in [2.24, 2.45) is 0 Å². The number of halogens is 1. The predicted molar refractivity (Wildman–Crippen MR) is 76.4 cm³/mol. The number of carbonyl (C=O) groups excluding carboxylic acids is 1. The first-order chi connectivity index (χ1) is 8.72. The molecule has 2 aromatic rings. The predicted octanol–water partition coefficient (Wildman–Crippen LogP) is 3.13. The molecule has 1 aromatic carbocycles. The van der Waals surface area contributed by atoms with Crippen LogP contribution in [0.25, 0.3) is 0 Å². The van der Waals surface area contributed by atoms with Gasteiger partial charge in [-0.05, 0) is 40.0 Å². The molecule has 3 rings (SSSR count). The van der Waals surface area contributed by atoms with Crippen molar-refractivity contribution in [1.82, 2.24) is 4.98 Å². The minimum absolute atomic E-state index is 0.131. The summed E-state index contributed by atoms with van der Waals surface area (Å²) in [5.74, 6) is -0.131. The van der Waals surface area contributed by atoms with Crippen LogP contribution in [-0.4, -0.2) is 17.4 Å². The fourth-order valence-electron chi connectivity index (χ4n) is 1.91. The number of rotatable bonds is 2. The average molecular weight is 324 g/mol. The maximum Gasteiger partial charge on any atom is 0.257 e. The Balaban J connectivity index is 1.80. The molecule has 2 heterocycles. The fraction of sp³-hybridized carbons (Fsp3) is 0.167. The highest BCUT2D eigenvalue weighted by Gasteiger charge is 2.14. The highest BCUT2D eigenvalue weighted by atomic mass is 79.9. The van der Waals surface area contributed by atoms with Crippen molar-refractivity contribution in [3.05, 3.63) is 39.3 Å². The van der Waals surface area contributed by atoms with Crippen LogP contribution in [0.15, 0.2) is 28.2 Å². The summed E-state index contributed by atoms with van der Waals surface area (Å²) >= 11 is 4.71. The van der Waals surface area contributed by atoms with E-state index in [0.717, 1.165) is 22.4 Å². The van der Waals surface area contributed by atoms with Crippen LogP contribution in [0.1, 0.15) is 15.9 Å². The number of nitrogens with zero attached hydrogens (tertiary/aromatic N) is 1. The zero-order valence-electron chi connectivity index (χ0n) is 9.37. The van der Waals surface area contributed by atoms with Crippen molar-refractivity contribution in [1.29, 1.82) is 0 Å². The lowest BCUT2D eigenvalue weighted by atomic mass is 10.1. The van der Waals surface area contributed by atoms with Gasteiger partial charge in [0.2, 0.25) is 0 Å². The molecule has 0 saturated heterocycles. The summed E-state index contributed by atoms with van der Waals surface area (Å²) in [6.07, 6.45) is 2.70. The first kappa shape index (κ1) is 11.7. The van der Waals surface area contributed by atoms with Crippen molar-refractivity contribution in [3.8, 4) is 0 Å². The monoisotopic (exact) mass is 323 g/mol. The number of amides is 1. The van der Waals surface area contributed by atoms with Crippen molar-refractivity contribution >= 4 is 44.0 Å². The van der Waals surface area contributed by atoms with Gasteiger partial charge in [-0.1, -0.05) is 17.4 Å². The van der Waals surface area contributed by atoms with Gasteiger partial charge in [-0.25, -0.2) is 4.98 Å². The van der Waals surface area contributed by atoms with E-state index < -0.39 is 0 Å². The van der Waals surface area contributed by atoms with E-state index in [1.807, 2.05) is 18.2 Å². The van der Waals surface area contributed by atoms with E-state index in [1.165, 1.54) is 16.9 Å². The van der Waals surface area contributed by atoms with E-state index in [1.54, 1.807) is 6.20 Å². The maximum atomic E-state index is 12.0. The number of fused-ring (bicyclic) bond motifs is 1. The van der Waals surface area contributed by atoms with Gasteiger partial charge in [0, 0.05) is 17.8 Å². The van der Waals surface area contributed by atoms with Crippen molar-refractivity contribution in [2.75, 3.05) is 17.2 Å². The van der Waals surface area contributed by atoms with E-state index in [0.29, 0.717) is 10.7 Å². The van der Waals surface area contributed by atoms with Gasteiger partial charge in [-0.15, -0.1) is 0 Å². The maximum absolute atomic E-state index is 12.0. The average Bonchev–Trinajstić information content (AvgIpc) is 2.96. The van der Waals surface area contributed by atoms with Crippen LogP contribution >= 0.6 is 27.3 Å². The lowest BCUT2D eigenvalue weighted by Gasteiger charge is -2.04. The third-order valence-corrected chi connectivity index (χ3v) is 4.17. The van der Waals surface area contributed by atoms with E-state index in [-0.39, 0.29) is 5.91 Å². The second kappa shape index (κ2) is 4.70. The second-order valence-electron chi connectivity index (χ2n) is 3.97. The Hall–Kier alpha value is -1.40. The highest BCUT2D eigenvalue weighted by molar-refractivity contribution is 9.11. The minimum Gasteiger partial charge on any atom is -0.384 e. The van der Waals surface area contributed by atoms with E-state index in [9.17, 15) is 4.79 Å². The van der Waals surface area contributed by atoms with Crippen LogP contribution in [-0.2, 0) is 6.42 Å². The Bertz CT molecular complexity index is 611. The lowest BCUT2D eigenvalue weighted by molar-refractivity contribution is 0.102. The second-order valence-corrected chi connectivity index (χ2v) is 6.38. The number of aromatic nitrogens is 1. The summed E-state index contributed by atoms with van der Waals surface area (Å²) in [5, 5.41) is 6.64.